The van der Waals surface area contributed by atoms with Crippen molar-refractivity contribution in [2.24, 2.45) is 0 Å². The Balaban J connectivity index is 1.56. The van der Waals surface area contributed by atoms with E-state index in [-0.39, 0.29) is 45.2 Å². The summed E-state index contributed by atoms with van der Waals surface area (Å²) in [5, 5.41) is 3.05. The second kappa shape index (κ2) is 8.72. The van der Waals surface area contributed by atoms with Crippen molar-refractivity contribution in [1.29, 1.82) is 0 Å². The molecule has 0 radical (unpaired) electrons. The standard InChI is InChI=1S/C38H24O/c1-3-12-25(13-4-1)28-20-11-21-33-34-24-27(22-23-35(34)39-38(28)33)37-31-18-9-7-16-29(31)36(26-14-5-2-6-15-26)30-17-8-10-19-32(30)37/h1-24H/i1D,3D,4D,11D,12D,13D,20D,21D,22D,23D,24D. The Labute approximate surface area is 242 Å². The lowest BCUT2D eigenvalue weighted by Crippen LogP contribution is -1.90. The minimum absolute atomic E-state index is 0.0385. The van der Waals surface area contributed by atoms with Gasteiger partial charge in [-0.1, -0.05) is 133 Å². The Morgan fingerprint density at radius 1 is 0.436 bits per heavy atom. The lowest BCUT2D eigenvalue weighted by Gasteiger charge is -2.17. The average molecular weight is 508 g/mol. The minimum atomic E-state index is -0.651. The molecule has 1 heteroatoms. The van der Waals surface area contributed by atoms with Crippen LogP contribution in [0.1, 0.15) is 15.1 Å². The number of furan rings is 1. The van der Waals surface area contributed by atoms with E-state index in [0.717, 1.165) is 32.7 Å². The molecule has 0 aliphatic heterocycles. The smallest absolute Gasteiger partial charge is 0.143 e. The third-order valence-corrected chi connectivity index (χ3v) is 7.06. The van der Waals surface area contributed by atoms with Crippen molar-refractivity contribution in [3.8, 4) is 33.4 Å². The monoisotopic (exact) mass is 507 g/mol. The molecule has 0 atom stereocenters. The lowest BCUT2D eigenvalue weighted by molar-refractivity contribution is 0.670. The Kier molecular flexibility index (Phi) is 3.04. The van der Waals surface area contributed by atoms with E-state index in [1.54, 1.807) is 0 Å². The van der Waals surface area contributed by atoms with Crippen LogP contribution < -0.4 is 0 Å². The molecule has 8 rings (SSSR count). The van der Waals surface area contributed by atoms with Crippen LogP contribution in [0, 0.1) is 0 Å². The number of benzene rings is 7. The zero-order valence-corrected chi connectivity index (χ0v) is 20.4. The minimum Gasteiger partial charge on any atom is -0.455 e. The Morgan fingerprint density at radius 2 is 1.05 bits per heavy atom. The molecule has 1 heterocycles. The van der Waals surface area contributed by atoms with Crippen LogP contribution in [-0.4, -0.2) is 0 Å². The molecular weight excluding hydrogens is 472 g/mol. The van der Waals surface area contributed by atoms with Crippen LogP contribution in [0.4, 0.5) is 0 Å². The summed E-state index contributed by atoms with van der Waals surface area (Å²) >= 11 is 0. The second-order valence-electron chi connectivity index (χ2n) is 9.22. The SMILES string of the molecule is [2H]c1c([2H])c([2H])c(-c2c([2H])c([2H])c([2H])c3c2oc2c([2H])c([2H])c(-c4c5ccccc5c(-c5ccccc5)c5ccccc45)c([2H])c23)c([2H])c1[2H]. The summed E-state index contributed by atoms with van der Waals surface area (Å²) < 4.78 is 102. The highest BCUT2D eigenvalue weighted by Gasteiger charge is 2.18. The molecule has 0 unspecified atom stereocenters. The molecule has 0 bridgehead atoms. The number of hydrogen-bond donors (Lipinski definition) is 0. The van der Waals surface area contributed by atoms with Gasteiger partial charge in [-0.2, -0.15) is 0 Å². The van der Waals surface area contributed by atoms with E-state index in [1.807, 2.05) is 78.9 Å². The van der Waals surface area contributed by atoms with Crippen molar-refractivity contribution in [2.45, 2.75) is 0 Å². The molecule has 0 aliphatic carbocycles. The first-order valence-corrected chi connectivity index (χ1v) is 12.5. The van der Waals surface area contributed by atoms with Crippen LogP contribution in [0.5, 0.6) is 0 Å². The summed E-state index contributed by atoms with van der Waals surface area (Å²) in [4.78, 5) is 0. The van der Waals surface area contributed by atoms with Gasteiger partial charge >= 0.3 is 0 Å². The largest absolute Gasteiger partial charge is 0.455 e. The van der Waals surface area contributed by atoms with Crippen molar-refractivity contribution in [3.63, 3.8) is 0 Å². The van der Waals surface area contributed by atoms with Gasteiger partial charge in [0, 0.05) is 16.3 Å². The fourth-order valence-corrected chi connectivity index (χ4v) is 5.41. The lowest BCUT2D eigenvalue weighted by atomic mass is 9.86. The molecule has 39 heavy (non-hydrogen) atoms. The zero-order chi connectivity index (χ0) is 35.3. The fourth-order valence-electron chi connectivity index (χ4n) is 5.41. The summed E-state index contributed by atoms with van der Waals surface area (Å²) in [5.41, 5.74) is 1.39. The van der Waals surface area contributed by atoms with Crippen LogP contribution in [0.3, 0.4) is 0 Å². The van der Waals surface area contributed by atoms with E-state index in [9.17, 15) is 2.74 Å². The summed E-state index contributed by atoms with van der Waals surface area (Å²) in [6.45, 7) is 0. The van der Waals surface area contributed by atoms with E-state index in [1.165, 1.54) is 0 Å². The summed E-state index contributed by atoms with van der Waals surface area (Å²) in [6.07, 6.45) is 0. The summed E-state index contributed by atoms with van der Waals surface area (Å²) in [5.74, 6) is 0. The van der Waals surface area contributed by atoms with Crippen molar-refractivity contribution >= 4 is 43.5 Å². The van der Waals surface area contributed by atoms with Crippen LogP contribution in [0.2, 0.25) is 0 Å². The number of para-hydroxylation sites is 1. The highest BCUT2D eigenvalue weighted by Crippen LogP contribution is 2.45. The molecule has 1 aromatic heterocycles. The van der Waals surface area contributed by atoms with Gasteiger partial charge in [-0.3, -0.25) is 0 Å². The van der Waals surface area contributed by atoms with Gasteiger partial charge in [0.1, 0.15) is 11.2 Å². The maximum Gasteiger partial charge on any atom is 0.143 e. The molecule has 0 amide bonds. The highest BCUT2D eigenvalue weighted by molar-refractivity contribution is 6.22. The fraction of sp³-hybridized carbons (Fsp3) is 0. The molecule has 0 spiro atoms. The Bertz CT molecular complexity index is 2680. The molecule has 182 valence electrons. The van der Waals surface area contributed by atoms with E-state index in [0.29, 0.717) is 5.56 Å². The van der Waals surface area contributed by atoms with Gasteiger partial charge in [0.05, 0.1) is 15.1 Å². The molecule has 8 aromatic rings. The van der Waals surface area contributed by atoms with Crippen LogP contribution in [0.15, 0.2) is 150 Å². The zero-order valence-electron chi connectivity index (χ0n) is 31.4. The van der Waals surface area contributed by atoms with Crippen molar-refractivity contribution in [3.05, 3.63) is 145 Å². The number of hydrogen-bond acceptors (Lipinski definition) is 1. The quantitative estimate of drug-likeness (QED) is 0.217. The maximum absolute atomic E-state index is 9.64. The van der Waals surface area contributed by atoms with Gasteiger partial charge in [-0.05, 0) is 61.4 Å². The first-order valence-electron chi connectivity index (χ1n) is 18.0. The van der Waals surface area contributed by atoms with Gasteiger partial charge in [0.2, 0.25) is 0 Å². The van der Waals surface area contributed by atoms with Crippen LogP contribution in [-0.2, 0) is 0 Å². The first-order chi connectivity index (χ1) is 24.0. The predicted octanol–water partition coefficient (Wildman–Crippen LogP) is 10.9. The van der Waals surface area contributed by atoms with Gasteiger partial charge in [-0.15, -0.1) is 0 Å². The topological polar surface area (TPSA) is 13.1 Å². The number of fused-ring (bicyclic) bond motifs is 5. The third kappa shape index (κ3) is 3.41. The molecule has 1 nitrogen and oxygen atoms in total. The number of rotatable bonds is 3. The average Bonchev–Trinajstić information content (AvgIpc) is 3.54. The van der Waals surface area contributed by atoms with E-state index in [4.69, 9.17) is 16.8 Å². The normalized spacial score (nSPS) is 15.5. The first kappa shape index (κ1) is 13.6. The Morgan fingerprint density at radius 3 is 1.72 bits per heavy atom. The van der Waals surface area contributed by atoms with Gasteiger partial charge in [0.25, 0.3) is 0 Å². The predicted molar refractivity (Wildman–Crippen MR) is 165 cm³/mol. The van der Waals surface area contributed by atoms with Gasteiger partial charge in [-0.25, -0.2) is 0 Å². The second-order valence-corrected chi connectivity index (χ2v) is 9.22. The molecule has 0 fully saturated rings. The molecular formula is C38H24O. The highest BCUT2D eigenvalue weighted by atomic mass is 16.3. The van der Waals surface area contributed by atoms with Gasteiger partial charge in [0.15, 0.2) is 0 Å². The van der Waals surface area contributed by atoms with Crippen molar-refractivity contribution in [2.75, 3.05) is 0 Å². The third-order valence-electron chi connectivity index (χ3n) is 7.06. The van der Waals surface area contributed by atoms with Crippen LogP contribution >= 0.6 is 0 Å². The summed E-state index contributed by atoms with van der Waals surface area (Å²) in [6, 6.07) is 19.4. The van der Waals surface area contributed by atoms with Crippen molar-refractivity contribution in [1.82, 2.24) is 0 Å². The van der Waals surface area contributed by atoms with E-state index < -0.39 is 59.9 Å². The Hall–Kier alpha value is -5.14. The van der Waals surface area contributed by atoms with E-state index in [2.05, 4.69) is 0 Å². The molecule has 0 saturated carbocycles. The van der Waals surface area contributed by atoms with Crippen LogP contribution in [0.25, 0.3) is 76.9 Å². The molecule has 7 aromatic carbocycles. The molecule has 0 N–H and O–H groups in total. The van der Waals surface area contributed by atoms with Crippen molar-refractivity contribution < 1.29 is 19.5 Å². The molecule has 0 aliphatic rings. The van der Waals surface area contributed by atoms with Gasteiger partial charge < -0.3 is 4.42 Å². The maximum atomic E-state index is 9.64. The molecule has 0 saturated heterocycles. The van der Waals surface area contributed by atoms with E-state index >= 15 is 0 Å². The summed E-state index contributed by atoms with van der Waals surface area (Å²) in [7, 11) is 0.